The molecule has 0 fully saturated rings. The van der Waals surface area contributed by atoms with E-state index in [4.69, 9.17) is 47.9 Å². The fourth-order valence-electron chi connectivity index (χ4n) is 9.51. The quantitative estimate of drug-likeness (QED) is 0.0415. The standard InChI is InChI=1S/C76H78N4O12/c1-17-37-85-45-21-25-49(61(41-45)89-69(81)73(5,6)7)65-53-29-31-55(77-53)66(50-26-22-46(86-38-18-2)42-62(50)90-70(82)74(8,9)10)57-33-35-59(79-57)68(52-28-24-48(88-40-20-4)44-64(52)92-72(84)76(14,15)16)60-36-34-58(80-60)67(56-32-30-54(65)78-56)51-27-23-47(87-39-19-3)43-63(51)91-71(83)75(11,12)13/h17-36,41-44,77,80H,1-4,37-40H2,5-16H3. The molecule has 2 aliphatic rings. The topological polar surface area (TPSA) is 199 Å². The Labute approximate surface area is 537 Å². The number of hydrogen-bond donors (Lipinski definition) is 2. The second-order valence-corrected chi connectivity index (χ2v) is 26.1. The van der Waals surface area contributed by atoms with E-state index in [2.05, 4.69) is 36.3 Å². The van der Waals surface area contributed by atoms with Crippen molar-refractivity contribution in [3.63, 3.8) is 0 Å². The van der Waals surface area contributed by atoms with Gasteiger partial charge >= 0.3 is 23.9 Å². The molecule has 0 atom stereocenters. The summed E-state index contributed by atoms with van der Waals surface area (Å²) in [7, 11) is 0. The number of aromatic amines is 2. The third-order valence-electron chi connectivity index (χ3n) is 14.4. The number of nitrogens with one attached hydrogen (secondary N) is 2. The zero-order valence-corrected chi connectivity index (χ0v) is 54.3. The van der Waals surface area contributed by atoms with Gasteiger partial charge in [0.05, 0.1) is 44.4 Å². The predicted octanol–water partition coefficient (Wildman–Crippen LogP) is 17.4. The Balaban J connectivity index is 1.52. The minimum atomic E-state index is -0.931. The van der Waals surface area contributed by atoms with Gasteiger partial charge in [-0.1, -0.05) is 50.6 Å². The number of nitrogens with zero attached hydrogens (tertiary/aromatic N) is 2. The summed E-state index contributed by atoms with van der Waals surface area (Å²) in [5.41, 5.74) is 3.84. The van der Waals surface area contributed by atoms with Gasteiger partial charge in [-0.25, -0.2) is 9.97 Å². The van der Waals surface area contributed by atoms with Crippen LogP contribution in [0.4, 0.5) is 0 Å². The third-order valence-corrected chi connectivity index (χ3v) is 14.4. The molecule has 0 spiro atoms. The lowest BCUT2D eigenvalue weighted by Gasteiger charge is -2.20. The van der Waals surface area contributed by atoms with E-state index in [1.54, 1.807) is 156 Å². The van der Waals surface area contributed by atoms with Crippen molar-refractivity contribution in [2.24, 2.45) is 21.7 Å². The summed E-state index contributed by atoms with van der Waals surface area (Å²) in [4.78, 5) is 75.0. The second-order valence-electron chi connectivity index (χ2n) is 26.1. The molecule has 16 heteroatoms. The van der Waals surface area contributed by atoms with Crippen molar-refractivity contribution in [1.82, 2.24) is 19.9 Å². The largest absolute Gasteiger partial charge is 0.489 e. The lowest BCUT2D eigenvalue weighted by atomic mass is 9.97. The highest BCUT2D eigenvalue weighted by atomic mass is 16.6. The highest BCUT2D eigenvalue weighted by Crippen LogP contribution is 2.47. The van der Waals surface area contributed by atoms with E-state index in [-0.39, 0.29) is 49.4 Å². The van der Waals surface area contributed by atoms with Gasteiger partial charge in [0.2, 0.25) is 0 Å². The molecule has 474 valence electrons. The van der Waals surface area contributed by atoms with Crippen LogP contribution in [0.25, 0.3) is 90.9 Å². The number of carbonyl (C=O) groups excluding carboxylic acids is 4. The Bertz CT molecular complexity index is 3800. The molecule has 4 aromatic carbocycles. The number of hydrogen-bond acceptors (Lipinski definition) is 14. The Morgan fingerprint density at radius 1 is 0.348 bits per heavy atom. The maximum atomic E-state index is 14.1. The van der Waals surface area contributed by atoms with E-state index in [1.807, 2.05) is 72.8 Å². The molecular formula is C76H78N4O12. The van der Waals surface area contributed by atoms with Crippen LogP contribution in [0.2, 0.25) is 0 Å². The van der Waals surface area contributed by atoms with Gasteiger partial charge in [-0.3, -0.25) is 19.2 Å². The van der Waals surface area contributed by atoms with Crippen LogP contribution in [0.5, 0.6) is 46.0 Å². The van der Waals surface area contributed by atoms with Crippen LogP contribution < -0.4 is 37.9 Å². The molecule has 0 saturated heterocycles. The van der Waals surface area contributed by atoms with Crippen LogP contribution in [-0.4, -0.2) is 70.2 Å². The third kappa shape index (κ3) is 14.9. The number of aromatic nitrogens is 4. The molecule has 0 radical (unpaired) electrons. The molecule has 8 bridgehead atoms. The van der Waals surface area contributed by atoms with Crippen molar-refractivity contribution in [3.8, 4) is 90.5 Å². The molecule has 0 amide bonds. The highest BCUT2D eigenvalue weighted by Gasteiger charge is 2.32. The average molecular weight is 1240 g/mol. The number of fused-ring (bicyclic) bond motifs is 8. The summed E-state index contributed by atoms with van der Waals surface area (Å²) in [5, 5.41) is 0. The summed E-state index contributed by atoms with van der Waals surface area (Å²) >= 11 is 0. The number of H-pyrrole nitrogens is 2. The first-order valence-corrected chi connectivity index (χ1v) is 30.2. The first kappa shape index (κ1) is 66.0. The van der Waals surface area contributed by atoms with Crippen LogP contribution in [-0.2, 0) is 19.2 Å². The van der Waals surface area contributed by atoms with Crippen molar-refractivity contribution in [1.29, 1.82) is 0 Å². The molecule has 5 heterocycles. The highest BCUT2D eigenvalue weighted by molar-refractivity contribution is 6.03. The Morgan fingerprint density at radius 2 is 0.554 bits per heavy atom. The number of ether oxygens (including phenoxy) is 8. The molecule has 9 rings (SSSR count). The van der Waals surface area contributed by atoms with Gasteiger partial charge in [-0.05, 0) is 180 Å². The van der Waals surface area contributed by atoms with Crippen molar-refractivity contribution >= 4 is 70.2 Å². The van der Waals surface area contributed by atoms with Gasteiger partial charge in [-0.2, -0.15) is 0 Å². The lowest BCUT2D eigenvalue weighted by molar-refractivity contribution is -0.143. The van der Waals surface area contributed by atoms with Crippen molar-refractivity contribution in [2.45, 2.75) is 83.1 Å². The van der Waals surface area contributed by atoms with E-state index in [0.29, 0.717) is 112 Å². The SMILES string of the molecule is C=CCOc1ccc(-c2c3nc(c(-c4ccc(OCC=C)cc4OC(=O)C(C)(C)C)c4ccc([nH]4)c(-c4ccc(OCC=C)cc4OC(=O)C(C)(C)C)c4nc(c(-c5ccc(OCC=C)cc5OC(=O)C(C)(C)C)c5ccc2[nH]5)C=C4)C=C3)c(OC(=O)C(C)(C)C)c1. The zero-order valence-electron chi connectivity index (χ0n) is 54.3. The summed E-state index contributed by atoms with van der Waals surface area (Å²) in [5.74, 6) is 0.333. The van der Waals surface area contributed by atoms with E-state index in [9.17, 15) is 19.2 Å². The summed E-state index contributed by atoms with van der Waals surface area (Å²) in [6.07, 6.45) is 13.9. The molecular weight excluding hydrogens is 1160 g/mol. The molecule has 0 unspecified atom stereocenters. The monoisotopic (exact) mass is 1240 g/mol. The maximum absolute atomic E-state index is 14.1. The molecule has 92 heavy (non-hydrogen) atoms. The van der Waals surface area contributed by atoms with Crippen LogP contribution in [0.3, 0.4) is 0 Å². The van der Waals surface area contributed by atoms with E-state index < -0.39 is 45.5 Å². The van der Waals surface area contributed by atoms with Gasteiger partial charge in [0, 0.05) is 90.8 Å². The summed E-state index contributed by atoms with van der Waals surface area (Å²) < 4.78 is 49.8. The van der Waals surface area contributed by atoms with E-state index in [0.717, 1.165) is 0 Å². The molecule has 7 aromatic rings. The van der Waals surface area contributed by atoms with Gasteiger partial charge in [-0.15, -0.1) is 0 Å². The normalized spacial score (nSPS) is 12.1. The zero-order chi connectivity index (χ0) is 66.5. The maximum Gasteiger partial charge on any atom is 0.316 e. The minimum Gasteiger partial charge on any atom is -0.489 e. The van der Waals surface area contributed by atoms with E-state index >= 15 is 0 Å². The molecule has 0 aliphatic carbocycles. The number of benzene rings is 4. The van der Waals surface area contributed by atoms with E-state index in [1.165, 1.54) is 0 Å². The Morgan fingerprint density at radius 3 is 0.739 bits per heavy atom. The van der Waals surface area contributed by atoms with Gasteiger partial charge in [0.25, 0.3) is 0 Å². The number of rotatable bonds is 20. The van der Waals surface area contributed by atoms with Gasteiger partial charge in [0.15, 0.2) is 0 Å². The van der Waals surface area contributed by atoms with Gasteiger partial charge < -0.3 is 47.9 Å². The molecule has 16 nitrogen and oxygen atoms in total. The minimum absolute atomic E-state index is 0.176. The molecule has 3 aromatic heterocycles. The molecule has 2 aliphatic heterocycles. The van der Waals surface area contributed by atoms with Gasteiger partial charge in [0.1, 0.15) is 72.4 Å². The Kier molecular flexibility index (Phi) is 19.3. The summed E-state index contributed by atoms with van der Waals surface area (Å²) in [6, 6.07) is 28.6. The predicted molar refractivity (Wildman–Crippen MR) is 364 cm³/mol. The van der Waals surface area contributed by atoms with Crippen molar-refractivity contribution in [3.05, 3.63) is 170 Å². The molecule has 0 saturated carbocycles. The summed E-state index contributed by atoms with van der Waals surface area (Å²) in [6.45, 7) is 37.3. The van der Waals surface area contributed by atoms with Crippen LogP contribution in [0.1, 0.15) is 106 Å². The first-order valence-electron chi connectivity index (χ1n) is 30.2. The number of esters is 4. The number of carbonyl (C=O) groups is 4. The smallest absolute Gasteiger partial charge is 0.316 e. The van der Waals surface area contributed by atoms with Crippen molar-refractivity contribution in [2.75, 3.05) is 26.4 Å². The van der Waals surface area contributed by atoms with Crippen molar-refractivity contribution < 1.29 is 57.1 Å². The molecule has 2 N–H and O–H groups in total. The van der Waals surface area contributed by atoms with Crippen LogP contribution >= 0.6 is 0 Å². The average Bonchev–Trinajstić information content (AvgIpc) is 1.58. The fraction of sp³-hybridized carbons (Fsp3) is 0.263. The lowest BCUT2D eigenvalue weighted by Crippen LogP contribution is -2.25. The fourth-order valence-corrected chi connectivity index (χ4v) is 9.51. The van der Waals surface area contributed by atoms with Crippen LogP contribution in [0.15, 0.2) is 148 Å². The van der Waals surface area contributed by atoms with Crippen LogP contribution in [0, 0.1) is 21.7 Å². The second kappa shape index (κ2) is 26.9. The first-order chi connectivity index (χ1) is 43.6. The Hall–Kier alpha value is -10.5.